The Balaban J connectivity index is 1.78. The van der Waals surface area contributed by atoms with E-state index in [-0.39, 0.29) is 5.91 Å². The van der Waals surface area contributed by atoms with E-state index in [0.29, 0.717) is 13.1 Å². The predicted molar refractivity (Wildman–Crippen MR) is 114 cm³/mol. The number of aromatic nitrogens is 2. The number of carbonyl (C=O) groups excluding carboxylic acids is 1. The first kappa shape index (κ1) is 20.1. The lowest BCUT2D eigenvalue weighted by Crippen LogP contribution is -2.48. The van der Waals surface area contributed by atoms with Gasteiger partial charge in [-0.3, -0.25) is 4.79 Å². The number of carbonyl (C=O) groups is 1. The average molecular weight is 383 g/mol. The monoisotopic (exact) mass is 382 g/mol. The van der Waals surface area contributed by atoms with Crippen molar-refractivity contribution in [1.29, 1.82) is 0 Å². The fourth-order valence-electron chi connectivity index (χ4n) is 3.26. The number of hydrogen-bond acceptors (Lipinski definition) is 6. The summed E-state index contributed by atoms with van der Waals surface area (Å²) in [5, 5.41) is 3.45. The molecule has 7 nitrogen and oxygen atoms in total. The van der Waals surface area contributed by atoms with Gasteiger partial charge in [0.25, 0.3) is 0 Å². The van der Waals surface area contributed by atoms with Crippen LogP contribution in [0.1, 0.15) is 13.3 Å². The second-order valence-corrected chi connectivity index (χ2v) is 7.38. The van der Waals surface area contributed by atoms with Crippen LogP contribution in [0, 0.1) is 0 Å². The SMILES string of the molecule is CC(=O)N1CCN(c2nc(NCCCN(C)C)cc(-c3ccccc3)n2)CC1. The zero-order chi connectivity index (χ0) is 19.9. The van der Waals surface area contributed by atoms with Crippen molar-refractivity contribution in [3.05, 3.63) is 36.4 Å². The second kappa shape index (κ2) is 9.50. The molecule has 0 atom stereocenters. The molecule has 1 aliphatic heterocycles. The molecule has 7 heteroatoms. The lowest BCUT2D eigenvalue weighted by molar-refractivity contribution is -0.129. The van der Waals surface area contributed by atoms with E-state index in [1.165, 1.54) is 0 Å². The highest BCUT2D eigenvalue weighted by molar-refractivity contribution is 5.73. The van der Waals surface area contributed by atoms with Crippen LogP contribution in [0.15, 0.2) is 36.4 Å². The normalized spacial score (nSPS) is 14.4. The highest BCUT2D eigenvalue weighted by atomic mass is 16.2. The molecule has 0 spiro atoms. The van der Waals surface area contributed by atoms with Crippen LogP contribution in [-0.4, -0.2) is 79.0 Å². The summed E-state index contributed by atoms with van der Waals surface area (Å²) in [4.78, 5) is 27.4. The topological polar surface area (TPSA) is 64.6 Å². The largest absolute Gasteiger partial charge is 0.370 e. The van der Waals surface area contributed by atoms with Gasteiger partial charge in [-0.2, -0.15) is 4.98 Å². The number of nitrogens with one attached hydrogen (secondary N) is 1. The summed E-state index contributed by atoms with van der Waals surface area (Å²) in [6.07, 6.45) is 1.05. The molecule has 1 aromatic heterocycles. The van der Waals surface area contributed by atoms with E-state index in [9.17, 15) is 4.79 Å². The summed E-state index contributed by atoms with van der Waals surface area (Å²) in [6, 6.07) is 12.2. The average Bonchev–Trinajstić information content (AvgIpc) is 2.71. The van der Waals surface area contributed by atoms with Gasteiger partial charge in [0.1, 0.15) is 5.82 Å². The molecule has 150 valence electrons. The highest BCUT2D eigenvalue weighted by Crippen LogP contribution is 2.23. The van der Waals surface area contributed by atoms with Gasteiger partial charge in [0.2, 0.25) is 11.9 Å². The predicted octanol–water partition coefficient (Wildman–Crippen LogP) is 2.18. The van der Waals surface area contributed by atoms with Gasteiger partial charge in [0.15, 0.2) is 0 Å². The fourth-order valence-corrected chi connectivity index (χ4v) is 3.26. The van der Waals surface area contributed by atoms with Crippen molar-refractivity contribution in [2.45, 2.75) is 13.3 Å². The summed E-state index contributed by atoms with van der Waals surface area (Å²) < 4.78 is 0. The number of benzene rings is 1. The van der Waals surface area contributed by atoms with E-state index in [4.69, 9.17) is 9.97 Å². The second-order valence-electron chi connectivity index (χ2n) is 7.38. The minimum atomic E-state index is 0.127. The number of hydrogen-bond donors (Lipinski definition) is 1. The van der Waals surface area contributed by atoms with Gasteiger partial charge in [-0.05, 0) is 27.1 Å². The van der Waals surface area contributed by atoms with Crippen molar-refractivity contribution in [2.75, 3.05) is 63.6 Å². The summed E-state index contributed by atoms with van der Waals surface area (Å²) in [6.45, 7) is 6.43. The molecule has 2 aromatic rings. The van der Waals surface area contributed by atoms with Crippen LogP contribution in [0.5, 0.6) is 0 Å². The van der Waals surface area contributed by atoms with Gasteiger partial charge in [-0.15, -0.1) is 0 Å². The van der Waals surface area contributed by atoms with E-state index < -0.39 is 0 Å². The molecule has 0 bridgehead atoms. The summed E-state index contributed by atoms with van der Waals surface area (Å²) >= 11 is 0. The molecule has 1 amide bonds. The molecule has 28 heavy (non-hydrogen) atoms. The molecule has 1 N–H and O–H groups in total. The van der Waals surface area contributed by atoms with Gasteiger partial charge in [0.05, 0.1) is 5.69 Å². The first-order valence-corrected chi connectivity index (χ1v) is 9.86. The standard InChI is InChI=1S/C21H30N6O/c1-17(28)26-12-14-27(15-13-26)21-23-19(18-8-5-4-6-9-18)16-20(24-21)22-10-7-11-25(2)3/h4-6,8-9,16H,7,10-15H2,1-3H3,(H,22,23,24). The molecule has 1 fully saturated rings. The fraction of sp³-hybridized carbons (Fsp3) is 0.476. The number of anilines is 2. The third kappa shape index (κ3) is 5.42. The van der Waals surface area contributed by atoms with Crippen molar-refractivity contribution in [1.82, 2.24) is 19.8 Å². The van der Waals surface area contributed by atoms with Crippen molar-refractivity contribution in [3.8, 4) is 11.3 Å². The Bertz CT molecular complexity index is 772. The first-order chi connectivity index (χ1) is 13.5. The van der Waals surface area contributed by atoms with Crippen LogP contribution in [0.4, 0.5) is 11.8 Å². The maximum Gasteiger partial charge on any atom is 0.227 e. The molecule has 3 rings (SSSR count). The number of nitrogens with zero attached hydrogens (tertiary/aromatic N) is 5. The van der Waals surface area contributed by atoms with Gasteiger partial charge in [-0.1, -0.05) is 30.3 Å². The minimum Gasteiger partial charge on any atom is -0.370 e. The van der Waals surface area contributed by atoms with E-state index in [1.807, 2.05) is 29.2 Å². The molecule has 0 radical (unpaired) electrons. The van der Waals surface area contributed by atoms with Gasteiger partial charge >= 0.3 is 0 Å². The third-order valence-electron chi connectivity index (χ3n) is 4.88. The van der Waals surface area contributed by atoms with E-state index in [1.54, 1.807) is 6.92 Å². The van der Waals surface area contributed by atoms with Crippen LogP contribution in [0.3, 0.4) is 0 Å². The molecule has 0 aliphatic carbocycles. The first-order valence-electron chi connectivity index (χ1n) is 9.86. The summed E-state index contributed by atoms with van der Waals surface area (Å²) in [5.41, 5.74) is 1.99. The molecular formula is C21H30N6O. The molecule has 2 heterocycles. The van der Waals surface area contributed by atoms with Crippen LogP contribution in [0.2, 0.25) is 0 Å². The Labute approximate surface area is 167 Å². The van der Waals surface area contributed by atoms with Crippen LogP contribution < -0.4 is 10.2 Å². The van der Waals surface area contributed by atoms with Crippen molar-refractivity contribution >= 4 is 17.7 Å². The molecule has 1 aromatic carbocycles. The Kier molecular flexibility index (Phi) is 6.81. The van der Waals surface area contributed by atoms with Gasteiger partial charge in [-0.25, -0.2) is 4.98 Å². The van der Waals surface area contributed by atoms with Crippen LogP contribution >= 0.6 is 0 Å². The zero-order valence-corrected chi connectivity index (χ0v) is 17.1. The van der Waals surface area contributed by atoms with E-state index in [0.717, 1.165) is 55.6 Å². The van der Waals surface area contributed by atoms with Gasteiger partial charge in [0, 0.05) is 51.3 Å². The molecular weight excluding hydrogens is 352 g/mol. The van der Waals surface area contributed by atoms with Crippen LogP contribution in [0.25, 0.3) is 11.3 Å². The summed E-state index contributed by atoms with van der Waals surface area (Å²) in [5.74, 6) is 1.69. The number of amides is 1. The van der Waals surface area contributed by atoms with Crippen molar-refractivity contribution in [2.24, 2.45) is 0 Å². The third-order valence-corrected chi connectivity index (χ3v) is 4.88. The Hall–Kier alpha value is -2.67. The maximum absolute atomic E-state index is 11.6. The van der Waals surface area contributed by atoms with Crippen LogP contribution in [-0.2, 0) is 4.79 Å². The smallest absolute Gasteiger partial charge is 0.227 e. The van der Waals surface area contributed by atoms with Crippen molar-refractivity contribution < 1.29 is 4.79 Å². The van der Waals surface area contributed by atoms with Crippen molar-refractivity contribution in [3.63, 3.8) is 0 Å². The Morgan fingerprint density at radius 2 is 1.82 bits per heavy atom. The Morgan fingerprint density at radius 1 is 1.11 bits per heavy atom. The molecule has 1 saturated heterocycles. The van der Waals surface area contributed by atoms with E-state index in [2.05, 4.69) is 41.3 Å². The molecule has 0 unspecified atom stereocenters. The maximum atomic E-state index is 11.6. The summed E-state index contributed by atoms with van der Waals surface area (Å²) in [7, 11) is 4.16. The zero-order valence-electron chi connectivity index (χ0n) is 17.1. The molecule has 1 aliphatic rings. The number of rotatable bonds is 7. The van der Waals surface area contributed by atoms with E-state index >= 15 is 0 Å². The quantitative estimate of drug-likeness (QED) is 0.741. The minimum absolute atomic E-state index is 0.127. The lowest BCUT2D eigenvalue weighted by Gasteiger charge is -2.34. The Morgan fingerprint density at radius 3 is 2.46 bits per heavy atom. The number of piperazine rings is 1. The highest BCUT2D eigenvalue weighted by Gasteiger charge is 2.21. The molecule has 0 saturated carbocycles. The van der Waals surface area contributed by atoms with Gasteiger partial charge < -0.3 is 20.0 Å². The lowest BCUT2D eigenvalue weighted by atomic mass is 10.1.